The molecule has 3 nitrogen and oxygen atoms in total. The van der Waals surface area contributed by atoms with Gasteiger partial charge in [0.05, 0.1) is 11.4 Å². The van der Waals surface area contributed by atoms with E-state index < -0.39 is 0 Å². The van der Waals surface area contributed by atoms with Crippen LogP contribution in [0, 0.1) is 0 Å². The van der Waals surface area contributed by atoms with Crippen LogP contribution in [0.5, 0.6) is 0 Å². The van der Waals surface area contributed by atoms with Gasteiger partial charge in [-0.15, -0.1) is 0 Å². The van der Waals surface area contributed by atoms with Gasteiger partial charge in [0.15, 0.2) is 0 Å². The zero-order chi connectivity index (χ0) is 11.5. The molecule has 0 aromatic heterocycles. The summed E-state index contributed by atoms with van der Waals surface area (Å²) < 4.78 is 0. The first-order chi connectivity index (χ1) is 7.69. The van der Waals surface area contributed by atoms with Gasteiger partial charge in [0.2, 0.25) is 0 Å². The Hall–Kier alpha value is -1.22. The molecule has 1 heterocycles. The third-order valence-electron chi connectivity index (χ3n) is 3.28. The van der Waals surface area contributed by atoms with Gasteiger partial charge in [-0.1, -0.05) is 13.0 Å². The van der Waals surface area contributed by atoms with Crippen molar-refractivity contribution in [3.63, 3.8) is 0 Å². The van der Waals surface area contributed by atoms with E-state index in [4.69, 9.17) is 5.73 Å². The minimum Gasteiger partial charge on any atom is -0.397 e. The lowest BCUT2D eigenvalue weighted by Crippen LogP contribution is -2.23. The Bertz CT molecular complexity index is 362. The summed E-state index contributed by atoms with van der Waals surface area (Å²) in [5.74, 6) is 0. The Morgan fingerprint density at radius 3 is 2.88 bits per heavy atom. The number of benzene rings is 1. The molecule has 2 rings (SSSR count). The molecule has 1 unspecified atom stereocenters. The first-order valence-corrected chi connectivity index (χ1v) is 6.02. The van der Waals surface area contributed by atoms with Crippen LogP contribution >= 0.6 is 0 Å². The number of rotatable bonds is 3. The summed E-state index contributed by atoms with van der Waals surface area (Å²) in [4.78, 5) is 2.34. The van der Waals surface area contributed by atoms with Crippen LogP contribution in [-0.4, -0.2) is 31.1 Å². The number of hydrogen-bond acceptors (Lipinski definition) is 3. The highest BCUT2D eigenvalue weighted by Crippen LogP contribution is 2.23. The van der Waals surface area contributed by atoms with E-state index in [1.807, 2.05) is 0 Å². The van der Waals surface area contributed by atoms with Crippen molar-refractivity contribution < 1.29 is 0 Å². The molecule has 16 heavy (non-hydrogen) atoms. The predicted molar refractivity (Wildman–Crippen MR) is 69.8 cm³/mol. The molecule has 1 aliphatic rings. The SMILES string of the molecule is CCc1ccc(NC2CCN(C)C2)c(N)c1. The summed E-state index contributed by atoms with van der Waals surface area (Å²) in [5.41, 5.74) is 9.28. The van der Waals surface area contributed by atoms with Gasteiger partial charge in [0.25, 0.3) is 0 Å². The molecule has 1 fully saturated rings. The Kier molecular flexibility index (Phi) is 3.34. The van der Waals surface area contributed by atoms with Gasteiger partial charge in [-0.3, -0.25) is 0 Å². The van der Waals surface area contributed by atoms with Crippen molar-refractivity contribution in [3.05, 3.63) is 23.8 Å². The van der Waals surface area contributed by atoms with E-state index in [1.54, 1.807) is 0 Å². The molecular weight excluding hydrogens is 198 g/mol. The molecule has 1 atom stereocenters. The summed E-state index contributed by atoms with van der Waals surface area (Å²) in [6, 6.07) is 6.87. The Morgan fingerprint density at radius 2 is 2.31 bits per heavy atom. The van der Waals surface area contributed by atoms with E-state index in [-0.39, 0.29) is 0 Å². The number of likely N-dealkylation sites (N-methyl/N-ethyl adjacent to an activating group) is 1. The minimum atomic E-state index is 0.541. The molecule has 1 saturated heterocycles. The average Bonchev–Trinajstić information content (AvgIpc) is 2.67. The molecule has 0 bridgehead atoms. The maximum absolute atomic E-state index is 6.03. The van der Waals surface area contributed by atoms with Crippen molar-refractivity contribution in [3.8, 4) is 0 Å². The fourth-order valence-electron chi connectivity index (χ4n) is 2.24. The summed E-state index contributed by atoms with van der Waals surface area (Å²) in [7, 11) is 2.16. The number of nitrogens with zero attached hydrogens (tertiary/aromatic N) is 1. The van der Waals surface area contributed by atoms with E-state index in [0.717, 1.165) is 24.3 Å². The van der Waals surface area contributed by atoms with E-state index in [1.165, 1.54) is 18.5 Å². The van der Waals surface area contributed by atoms with Crippen molar-refractivity contribution in [1.29, 1.82) is 0 Å². The van der Waals surface area contributed by atoms with E-state index >= 15 is 0 Å². The van der Waals surface area contributed by atoms with Crippen molar-refractivity contribution in [2.75, 3.05) is 31.2 Å². The number of nitrogens with one attached hydrogen (secondary N) is 1. The molecule has 0 radical (unpaired) electrons. The monoisotopic (exact) mass is 219 g/mol. The van der Waals surface area contributed by atoms with Crippen LogP contribution < -0.4 is 11.1 Å². The van der Waals surface area contributed by atoms with E-state index in [0.29, 0.717) is 6.04 Å². The average molecular weight is 219 g/mol. The molecule has 3 N–H and O–H groups in total. The fourth-order valence-corrected chi connectivity index (χ4v) is 2.24. The van der Waals surface area contributed by atoms with E-state index in [9.17, 15) is 0 Å². The Labute approximate surface area is 97.6 Å². The number of likely N-dealkylation sites (tertiary alicyclic amines) is 1. The van der Waals surface area contributed by atoms with Gasteiger partial charge < -0.3 is 16.0 Å². The quantitative estimate of drug-likeness (QED) is 0.763. The largest absolute Gasteiger partial charge is 0.397 e. The number of aryl methyl sites for hydroxylation is 1. The highest BCUT2D eigenvalue weighted by Gasteiger charge is 2.19. The number of hydrogen-bond donors (Lipinski definition) is 2. The third kappa shape index (κ3) is 2.47. The fraction of sp³-hybridized carbons (Fsp3) is 0.538. The lowest BCUT2D eigenvalue weighted by molar-refractivity contribution is 0.414. The van der Waals surface area contributed by atoms with Gasteiger partial charge in [-0.2, -0.15) is 0 Å². The summed E-state index contributed by atoms with van der Waals surface area (Å²) in [6.45, 7) is 4.42. The summed E-state index contributed by atoms with van der Waals surface area (Å²) in [5, 5.41) is 3.52. The van der Waals surface area contributed by atoms with Gasteiger partial charge in [-0.05, 0) is 44.1 Å². The van der Waals surface area contributed by atoms with Crippen molar-refractivity contribution >= 4 is 11.4 Å². The molecule has 88 valence electrons. The highest BCUT2D eigenvalue weighted by atomic mass is 15.2. The summed E-state index contributed by atoms with van der Waals surface area (Å²) in [6.07, 6.45) is 2.24. The standard InChI is InChI=1S/C13H21N3/c1-3-10-4-5-13(12(14)8-10)15-11-6-7-16(2)9-11/h4-5,8,11,15H,3,6-7,9,14H2,1-2H3. The third-order valence-corrected chi connectivity index (χ3v) is 3.28. The number of nitrogens with two attached hydrogens (primary N) is 1. The second kappa shape index (κ2) is 4.74. The first kappa shape index (κ1) is 11.3. The van der Waals surface area contributed by atoms with Crippen LogP contribution in [0.2, 0.25) is 0 Å². The van der Waals surface area contributed by atoms with E-state index in [2.05, 4.69) is 42.4 Å². The molecule has 3 heteroatoms. The van der Waals surface area contributed by atoms with Gasteiger partial charge in [0.1, 0.15) is 0 Å². The van der Waals surface area contributed by atoms with Gasteiger partial charge in [0, 0.05) is 12.6 Å². The van der Waals surface area contributed by atoms with Crippen LogP contribution in [0.4, 0.5) is 11.4 Å². The minimum absolute atomic E-state index is 0.541. The number of anilines is 2. The molecule has 1 aliphatic heterocycles. The van der Waals surface area contributed by atoms with Gasteiger partial charge in [-0.25, -0.2) is 0 Å². The van der Waals surface area contributed by atoms with Crippen molar-refractivity contribution in [1.82, 2.24) is 4.90 Å². The van der Waals surface area contributed by atoms with Gasteiger partial charge >= 0.3 is 0 Å². The maximum Gasteiger partial charge on any atom is 0.0576 e. The predicted octanol–water partition coefficient (Wildman–Crippen LogP) is 1.95. The normalized spacial score (nSPS) is 21.2. The molecule has 0 spiro atoms. The lowest BCUT2D eigenvalue weighted by atomic mass is 10.1. The van der Waals surface area contributed by atoms with Crippen LogP contribution in [-0.2, 0) is 6.42 Å². The van der Waals surface area contributed by atoms with Crippen molar-refractivity contribution in [2.24, 2.45) is 0 Å². The number of nitrogen functional groups attached to an aromatic ring is 1. The zero-order valence-corrected chi connectivity index (χ0v) is 10.2. The van der Waals surface area contributed by atoms with Crippen LogP contribution in [0.3, 0.4) is 0 Å². The molecule has 1 aromatic carbocycles. The van der Waals surface area contributed by atoms with Crippen LogP contribution in [0.1, 0.15) is 18.9 Å². The highest BCUT2D eigenvalue weighted by molar-refractivity contribution is 5.67. The summed E-state index contributed by atoms with van der Waals surface area (Å²) >= 11 is 0. The maximum atomic E-state index is 6.03. The Balaban J connectivity index is 2.04. The molecule has 0 amide bonds. The second-order valence-electron chi connectivity index (χ2n) is 4.67. The zero-order valence-electron chi connectivity index (χ0n) is 10.2. The van der Waals surface area contributed by atoms with Crippen molar-refractivity contribution in [2.45, 2.75) is 25.8 Å². The lowest BCUT2D eigenvalue weighted by Gasteiger charge is -2.16. The molecule has 0 aliphatic carbocycles. The molecule has 0 saturated carbocycles. The first-order valence-electron chi connectivity index (χ1n) is 6.02. The molecule has 1 aromatic rings. The van der Waals surface area contributed by atoms with Crippen LogP contribution in [0.25, 0.3) is 0 Å². The smallest absolute Gasteiger partial charge is 0.0576 e. The molecular formula is C13H21N3. The Morgan fingerprint density at radius 1 is 1.50 bits per heavy atom. The topological polar surface area (TPSA) is 41.3 Å². The van der Waals surface area contributed by atoms with Crippen LogP contribution in [0.15, 0.2) is 18.2 Å². The second-order valence-corrected chi connectivity index (χ2v) is 4.67.